The molecule has 16 heavy (non-hydrogen) atoms. The molecule has 0 amide bonds. The molecular formula is C11H21NO4. The van der Waals surface area contributed by atoms with E-state index in [0.717, 1.165) is 0 Å². The highest BCUT2D eigenvalue weighted by atomic mass is 16.6. The molecule has 0 aromatic heterocycles. The summed E-state index contributed by atoms with van der Waals surface area (Å²) in [5, 5.41) is 0. The summed E-state index contributed by atoms with van der Waals surface area (Å²) >= 11 is 0. The van der Waals surface area contributed by atoms with Gasteiger partial charge in [0, 0.05) is 0 Å². The number of esters is 2. The molecule has 0 aromatic carbocycles. The molecule has 1 unspecified atom stereocenters. The van der Waals surface area contributed by atoms with Crippen LogP contribution in [0, 0.1) is 5.41 Å². The lowest BCUT2D eigenvalue weighted by atomic mass is 9.85. The third-order valence-corrected chi connectivity index (χ3v) is 2.16. The minimum absolute atomic E-state index is 0.516. The molecule has 0 aliphatic heterocycles. The van der Waals surface area contributed by atoms with Gasteiger partial charge in [-0.3, -0.25) is 9.59 Å². The van der Waals surface area contributed by atoms with Gasteiger partial charge in [-0.25, -0.2) is 0 Å². The molecule has 0 fully saturated rings. The third-order valence-electron chi connectivity index (χ3n) is 2.16. The zero-order valence-corrected chi connectivity index (χ0v) is 10.8. The lowest BCUT2D eigenvalue weighted by molar-refractivity contribution is -0.171. The van der Waals surface area contributed by atoms with Crippen LogP contribution in [0.4, 0.5) is 0 Å². The molecule has 0 saturated carbocycles. The summed E-state index contributed by atoms with van der Waals surface area (Å²) in [6.07, 6.45) is 0. The molecule has 0 aliphatic carbocycles. The van der Waals surface area contributed by atoms with Crippen molar-refractivity contribution in [3.63, 3.8) is 0 Å². The van der Waals surface area contributed by atoms with E-state index in [4.69, 9.17) is 10.5 Å². The van der Waals surface area contributed by atoms with Crippen LogP contribution in [-0.4, -0.2) is 30.7 Å². The number of carbonyl (C=O) groups is 2. The highest BCUT2D eigenvalue weighted by molar-refractivity contribution is 5.87. The summed E-state index contributed by atoms with van der Waals surface area (Å²) in [6, 6.07) is -1.03. The van der Waals surface area contributed by atoms with Gasteiger partial charge in [0.05, 0.1) is 12.5 Å². The van der Waals surface area contributed by atoms with Crippen LogP contribution in [0.1, 0.15) is 34.6 Å². The summed E-state index contributed by atoms with van der Waals surface area (Å²) in [7, 11) is 1.23. The van der Waals surface area contributed by atoms with E-state index in [1.807, 2.05) is 0 Å². The number of nitrogens with two attached hydrogens (primary N) is 1. The number of hydrogen-bond acceptors (Lipinski definition) is 5. The Bertz CT molecular complexity index is 278. The minimum Gasteiger partial charge on any atom is -0.468 e. The summed E-state index contributed by atoms with van der Waals surface area (Å²) in [6.45, 7) is 8.38. The normalized spacial score (nSPS) is 14.2. The molecule has 0 rings (SSSR count). The fraction of sp³-hybridized carbons (Fsp3) is 0.818. The Labute approximate surface area is 96.3 Å². The number of hydrogen-bond donors (Lipinski definition) is 1. The molecule has 1 atom stereocenters. The van der Waals surface area contributed by atoms with Crippen molar-refractivity contribution in [2.45, 2.75) is 46.3 Å². The maximum atomic E-state index is 11.8. The average molecular weight is 231 g/mol. The van der Waals surface area contributed by atoms with Crippen LogP contribution in [0.5, 0.6) is 0 Å². The van der Waals surface area contributed by atoms with E-state index >= 15 is 0 Å². The Morgan fingerprint density at radius 2 is 1.56 bits per heavy atom. The smallest absolute Gasteiger partial charge is 0.323 e. The molecule has 0 heterocycles. The summed E-state index contributed by atoms with van der Waals surface area (Å²) < 4.78 is 9.70. The molecule has 2 N–H and O–H groups in total. The van der Waals surface area contributed by atoms with Crippen LogP contribution in [0.25, 0.3) is 0 Å². The summed E-state index contributed by atoms with van der Waals surface area (Å²) in [5.74, 6) is -1.14. The Kier molecular flexibility index (Phi) is 4.49. The van der Waals surface area contributed by atoms with Gasteiger partial charge in [-0.1, -0.05) is 0 Å². The van der Waals surface area contributed by atoms with Crippen LogP contribution >= 0.6 is 0 Å². The van der Waals surface area contributed by atoms with Gasteiger partial charge in [-0.05, 0) is 34.6 Å². The number of ether oxygens (including phenoxy) is 2. The molecule has 0 aromatic rings. The van der Waals surface area contributed by atoms with Crippen molar-refractivity contribution in [3.8, 4) is 0 Å². The predicted octanol–water partition coefficient (Wildman–Crippen LogP) is 0.855. The lowest BCUT2D eigenvalue weighted by Crippen LogP contribution is -2.51. The Balaban J connectivity index is 4.78. The standard InChI is InChI=1S/C11H21NO4/c1-10(2,3)16-9(14)11(4,5)7(12)8(13)15-6/h7H,12H2,1-6H3. The van der Waals surface area contributed by atoms with Crippen molar-refractivity contribution >= 4 is 11.9 Å². The van der Waals surface area contributed by atoms with Gasteiger partial charge in [0.2, 0.25) is 0 Å². The fourth-order valence-electron chi connectivity index (χ4n) is 0.958. The predicted molar refractivity (Wildman–Crippen MR) is 59.6 cm³/mol. The molecule has 0 bridgehead atoms. The van der Waals surface area contributed by atoms with Crippen molar-refractivity contribution in [2.24, 2.45) is 11.1 Å². The van der Waals surface area contributed by atoms with E-state index in [1.165, 1.54) is 7.11 Å². The minimum atomic E-state index is -1.11. The van der Waals surface area contributed by atoms with Gasteiger partial charge in [0.15, 0.2) is 0 Å². The van der Waals surface area contributed by atoms with Crippen LogP contribution in [0.2, 0.25) is 0 Å². The van der Waals surface area contributed by atoms with Crippen LogP contribution in [-0.2, 0) is 19.1 Å². The molecule has 0 spiro atoms. The van der Waals surface area contributed by atoms with Crippen molar-refractivity contribution in [1.29, 1.82) is 0 Å². The number of rotatable bonds is 3. The molecule has 0 radical (unpaired) electrons. The van der Waals surface area contributed by atoms with E-state index in [2.05, 4.69) is 4.74 Å². The summed E-state index contributed by atoms with van der Waals surface area (Å²) in [5.41, 5.74) is 3.93. The first kappa shape index (κ1) is 14.9. The van der Waals surface area contributed by atoms with Crippen LogP contribution in [0.3, 0.4) is 0 Å². The molecule has 0 saturated heterocycles. The van der Waals surface area contributed by atoms with E-state index in [-0.39, 0.29) is 0 Å². The maximum Gasteiger partial charge on any atom is 0.323 e. The van der Waals surface area contributed by atoms with Gasteiger partial charge in [0.1, 0.15) is 11.6 Å². The first-order valence-corrected chi connectivity index (χ1v) is 5.09. The van der Waals surface area contributed by atoms with Gasteiger partial charge >= 0.3 is 11.9 Å². The monoisotopic (exact) mass is 231 g/mol. The SMILES string of the molecule is COC(=O)C(N)C(C)(C)C(=O)OC(C)(C)C. The fourth-order valence-corrected chi connectivity index (χ4v) is 0.958. The second-order valence-corrected chi connectivity index (χ2v) is 5.22. The van der Waals surface area contributed by atoms with Gasteiger partial charge in [-0.2, -0.15) is 0 Å². The maximum absolute atomic E-state index is 11.8. The van der Waals surface area contributed by atoms with E-state index in [0.29, 0.717) is 0 Å². The van der Waals surface area contributed by atoms with Crippen molar-refractivity contribution in [2.75, 3.05) is 7.11 Å². The van der Waals surface area contributed by atoms with E-state index < -0.39 is 29.0 Å². The van der Waals surface area contributed by atoms with Gasteiger partial charge < -0.3 is 15.2 Å². The summed E-state index contributed by atoms with van der Waals surface area (Å²) in [4.78, 5) is 23.1. The Morgan fingerprint density at radius 3 is 1.88 bits per heavy atom. The second-order valence-electron chi connectivity index (χ2n) is 5.22. The molecule has 0 aliphatic rings. The second kappa shape index (κ2) is 4.82. The highest BCUT2D eigenvalue weighted by Crippen LogP contribution is 2.25. The van der Waals surface area contributed by atoms with Gasteiger partial charge in [0.25, 0.3) is 0 Å². The van der Waals surface area contributed by atoms with Crippen LogP contribution in [0.15, 0.2) is 0 Å². The number of carbonyl (C=O) groups excluding carboxylic acids is 2. The number of methoxy groups -OCH3 is 1. The topological polar surface area (TPSA) is 78.6 Å². The van der Waals surface area contributed by atoms with Crippen molar-refractivity contribution < 1.29 is 19.1 Å². The zero-order chi connectivity index (χ0) is 13.1. The average Bonchev–Trinajstić information content (AvgIpc) is 2.12. The van der Waals surface area contributed by atoms with E-state index in [9.17, 15) is 9.59 Å². The Morgan fingerprint density at radius 1 is 1.12 bits per heavy atom. The van der Waals surface area contributed by atoms with Crippen molar-refractivity contribution in [3.05, 3.63) is 0 Å². The first-order chi connectivity index (χ1) is 7.02. The lowest BCUT2D eigenvalue weighted by Gasteiger charge is -2.31. The largest absolute Gasteiger partial charge is 0.468 e. The van der Waals surface area contributed by atoms with Crippen molar-refractivity contribution in [1.82, 2.24) is 0 Å². The molecule has 5 heteroatoms. The zero-order valence-electron chi connectivity index (χ0n) is 10.8. The van der Waals surface area contributed by atoms with Crippen LogP contribution < -0.4 is 5.73 Å². The highest BCUT2D eigenvalue weighted by Gasteiger charge is 2.42. The molecule has 94 valence electrons. The first-order valence-electron chi connectivity index (χ1n) is 5.09. The third kappa shape index (κ3) is 3.81. The molecular weight excluding hydrogens is 210 g/mol. The van der Waals surface area contributed by atoms with Gasteiger partial charge in [-0.15, -0.1) is 0 Å². The molecule has 5 nitrogen and oxygen atoms in total. The van der Waals surface area contributed by atoms with E-state index in [1.54, 1.807) is 34.6 Å². The Hall–Kier alpha value is -1.10. The quantitative estimate of drug-likeness (QED) is 0.729.